The Morgan fingerprint density at radius 2 is 2.21 bits per heavy atom. The SMILES string of the molecule is Cl.Cn1c(C2CC2)nc2c1CCNC2. The second-order valence-corrected chi connectivity index (χ2v) is 4.12. The highest BCUT2D eigenvalue weighted by molar-refractivity contribution is 5.85. The van der Waals surface area contributed by atoms with Gasteiger partial charge < -0.3 is 9.88 Å². The van der Waals surface area contributed by atoms with Gasteiger partial charge in [0.15, 0.2) is 0 Å². The molecule has 1 aromatic rings. The third-order valence-electron chi connectivity index (χ3n) is 3.10. The monoisotopic (exact) mass is 213 g/mol. The Labute approximate surface area is 90.3 Å². The summed E-state index contributed by atoms with van der Waals surface area (Å²) in [6, 6.07) is 0. The van der Waals surface area contributed by atoms with Gasteiger partial charge in [-0.05, 0) is 12.8 Å². The van der Waals surface area contributed by atoms with E-state index < -0.39 is 0 Å². The third kappa shape index (κ3) is 1.44. The van der Waals surface area contributed by atoms with Gasteiger partial charge in [0.25, 0.3) is 0 Å². The van der Waals surface area contributed by atoms with Gasteiger partial charge in [-0.2, -0.15) is 0 Å². The van der Waals surface area contributed by atoms with Gasteiger partial charge in [0.1, 0.15) is 5.82 Å². The number of imidazole rings is 1. The number of hydrogen-bond acceptors (Lipinski definition) is 2. The summed E-state index contributed by atoms with van der Waals surface area (Å²) in [6.45, 7) is 2.08. The zero-order valence-electron chi connectivity index (χ0n) is 8.42. The van der Waals surface area contributed by atoms with Gasteiger partial charge in [0, 0.05) is 38.2 Å². The molecule has 0 atom stereocenters. The molecule has 0 aromatic carbocycles. The number of rotatable bonds is 1. The summed E-state index contributed by atoms with van der Waals surface area (Å²) in [4.78, 5) is 4.71. The molecule has 1 aliphatic carbocycles. The number of aromatic nitrogens is 2. The fourth-order valence-corrected chi connectivity index (χ4v) is 2.18. The Balaban J connectivity index is 0.000000750. The number of nitrogens with zero attached hydrogens (tertiary/aromatic N) is 2. The predicted molar refractivity (Wildman–Crippen MR) is 57.8 cm³/mol. The molecule has 2 aliphatic rings. The topological polar surface area (TPSA) is 29.9 Å². The Morgan fingerprint density at radius 3 is 2.86 bits per heavy atom. The van der Waals surface area contributed by atoms with Crippen LogP contribution in [-0.2, 0) is 20.0 Å². The van der Waals surface area contributed by atoms with Gasteiger partial charge in [-0.3, -0.25) is 0 Å². The minimum Gasteiger partial charge on any atom is -0.335 e. The van der Waals surface area contributed by atoms with Gasteiger partial charge in [0.05, 0.1) is 5.69 Å². The molecule has 1 aliphatic heterocycles. The second kappa shape index (κ2) is 3.55. The number of halogens is 1. The van der Waals surface area contributed by atoms with Gasteiger partial charge in [-0.15, -0.1) is 12.4 Å². The van der Waals surface area contributed by atoms with E-state index in [4.69, 9.17) is 4.98 Å². The quantitative estimate of drug-likeness (QED) is 0.764. The van der Waals surface area contributed by atoms with Crippen LogP contribution in [0.15, 0.2) is 0 Å². The summed E-state index contributed by atoms with van der Waals surface area (Å²) < 4.78 is 2.33. The molecule has 1 aromatic heterocycles. The lowest BCUT2D eigenvalue weighted by atomic mass is 10.2. The van der Waals surface area contributed by atoms with Crippen molar-refractivity contribution in [3.05, 3.63) is 17.2 Å². The molecule has 0 radical (unpaired) electrons. The highest BCUT2D eigenvalue weighted by atomic mass is 35.5. The first kappa shape index (κ1) is 9.99. The average molecular weight is 214 g/mol. The van der Waals surface area contributed by atoms with E-state index in [1.165, 1.54) is 30.1 Å². The van der Waals surface area contributed by atoms with Crippen LogP contribution in [0.3, 0.4) is 0 Å². The lowest BCUT2D eigenvalue weighted by Gasteiger charge is -2.12. The zero-order chi connectivity index (χ0) is 8.84. The number of fused-ring (bicyclic) bond motifs is 1. The average Bonchev–Trinajstić information content (AvgIpc) is 2.94. The summed E-state index contributed by atoms with van der Waals surface area (Å²) in [7, 11) is 2.17. The van der Waals surface area contributed by atoms with Crippen molar-refractivity contribution >= 4 is 12.4 Å². The van der Waals surface area contributed by atoms with E-state index >= 15 is 0 Å². The first-order chi connectivity index (χ1) is 6.36. The standard InChI is InChI=1S/C10H15N3.ClH/c1-13-9-4-5-11-6-8(9)12-10(13)7-2-3-7;/h7,11H,2-6H2,1H3;1H. The maximum absolute atomic E-state index is 4.71. The summed E-state index contributed by atoms with van der Waals surface area (Å²) in [6.07, 6.45) is 3.83. The molecule has 1 N–H and O–H groups in total. The highest BCUT2D eigenvalue weighted by Crippen LogP contribution is 2.40. The Hall–Kier alpha value is -0.540. The molecule has 78 valence electrons. The largest absolute Gasteiger partial charge is 0.335 e. The molecule has 0 bridgehead atoms. The van der Waals surface area contributed by atoms with Crippen molar-refractivity contribution in [3.8, 4) is 0 Å². The van der Waals surface area contributed by atoms with Crippen LogP contribution in [-0.4, -0.2) is 16.1 Å². The van der Waals surface area contributed by atoms with Crippen LogP contribution < -0.4 is 5.32 Å². The lowest BCUT2D eigenvalue weighted by molar-refractivity contribution is 0.610. The van der Waals surface area contributed by atoms with Crippen molar-refractivity contribution < 1.29 is 0 Å². The molecular formula is C10H16ClN3. The minimum absolute atomic E-state index is 0. The Kier molecular flexibility index (Phi) is 2.54. The normalized spacial score (nSPS) is 20.1. The van der Waals surface area contributed by atoms with Crippen LogP contribution in [0, 0.1) is 0 Å². The number of nitrogens with one attached hydrogen (secondary N) is 1. The van der Waals surface area contributed by atoms with E-state index in [0.717, 1.165) is 25.4 Å². The first-order valence-corrected chi connectivity index (χ1v) is 5.11. The van der Waals surface area contributed by atoms with Crippen LogP contribution in [0.2, 0.25) is 0 Å². The molecule has 3 rings (SSSR count). The van der Waals surface area contributed by atoms with E-state index in [9.17, 15) is 0 Å². The van der Waals surface area contributed by atoms with Crippen LogP contribution in [0.1, 0.15) is 36.0 Å². The number of hydrogen-bond donors (Lipinski definition) is 1. The van der Waals surface area contributed by atoms with Crippen molar-refractivity contribution in [1.82, 2.24) is 14.9 Å². The van der Waals surface area contributed by atoms with E-state index in [1.807, 2.05) is 0 Å². The summed E-state index contributed by atoms with van der Waals surface area (Å²) in [5.74, 6) is 2.10. The zero-order valence-corrected chi connectivity index (χ0v) is 9.23. The summed E-state index contributed by atoms with van der Waals surface area (Å²) in [5.41, 5.74) is 2.75. The van der Waals surface area contributed by atoms with Crippen molar-refractivity contribution in [2.75, 3.05) is 6.54 Å². The molecular weight excluding hydrogens is 198 g/mol. The fraction of sp³-hybridized carbons (Fsp3) is 0.700. The molecule has 0 saturated heterocycles. The molecule has 0 unspecified atom stereocenters. The van der Waals surface area contributed by atoms with E-state index in [1.54, 1.807) is 0 Å². The van der Waals surface area contributed by atoms with Gasteiger partial charge in [-0.25, -0.2) is 4.98 Å². The van der Waals surface area contributed by atoms with Gasteiger partial charge in [0.2, 0.25) is 0 Å². The third-order valence-corrected chi connectivity index (χ3v) is 3.10. The molecule has 1 saturated carbocycles. The molecule has 0 amide bonds. The molecule has 2 heterocycles. The smallest absolute Gasteiger partial charge is 0.112 e. The molecule has 0 spiro atoms. The maximum Gasteiger partial charge on any atom is 0.112 e. The van der Waals surface area contributed by atoms with Crippen molar-refractivity contribution in [2.24, 2.45) is 7.05 Å². The van der Waals surface area contributed by atoms with Crippen LogP contribution in [0.4, 0.5) is 0 Å². The van der Waals surface area contributed by atoms with E-state index in [0.29, 0.717) is 0 Å². The van der Waals surface area contributed by atoms with Gasteiger partial charge >= 0.3 is 0 Å². The van der Waals surface area contributed by atoms with Crippen LogP contribution in [0.5, 0.6) is 0 Å². The highest BCUT2D eigenvalue weighted by Gasteiger charge is 2.30. The van der Waals surface area contributed by atoms with E-state index in [-0.39, 0.29) is 12.4 Å². The first-order valence-electron chi connectivity index (χ1n) is 5.11. The second-order valence-electron chi connectivity index (χ2n) is 4.12. The Bertz CT molecular complexity index is 341. The molecule has 4 heteroatoms. The van der Waals surface area contributed by atoms with Crippen molar-refractivity contribution in [2.45, 2.75) is 31.7 Å². The van der Waals surface area contributed by atoms with Crippen LogP contribution in [0.25, 0.3) is 0 Å². The van der Waals surface area contributed by atoms with Crippen LogP contribution >= 0.6 is 12.4 Å². The van der Waals surface area contributed by atoms with Gasteiger partial charge in [-0.1, -0.05) is 0 Å². The molecule has 14 heavy (non-hydrogen) atoms. The van der Waals surface area contributed by atoms with Crippen molar-refractivity contribution in [1.29, 1.82) is 0 Å². The fourth-order valence-electron chi connectivity index (χ4n) is 2.18. The predicted octanol–water partition coefficient (Wildman–Crippen LogP) is 1.36. The van der Waals surface area contributed by atoms with E-state index in [2.05, 4.69) is 16.9 Å². The lowest BCUT2D eigenvalue weighted by Crippen LogP contribution is -2.24. The summed E-state index contributed by atoms with van der Waals surface area (Å²) >= 11 is 0. The summed E-state index contributed by atoms with van der Waals surface area (Å²) in [5, 5.41) is 3.36. The molecule has 3 nitrogen and oxygen atoms in total. The minimum atomic E-state index is 0. The van der Waals surface area contributed by atoms with Crippen molar-refractivity contribution in [3.63, 3.8) is 0 Å². The Morgan fingerprint density at radius 1 is 1.43 bits per heavy atom. The molecule has 1 fully saturated rings. The maximum atomic E-state index is 4.71.